The molecule has 0 spiro atoms. The molecule has 0 aromatic heterocycles. The van der Waals surface area contributed by atoms with E-state index < -0.39 is 0 Å². The first kappa shape index (κ1) is 21.2. The van der Waals surface area contributed by atoms with Crippen LogP contribution in [0.1, 0.15) is 27.2 Å². The third-order valence-electron chi connectivity index (χ3n) is 4.73. The Labute approximate surface area is 161 Å². The predicted molar refractivity (Wildman–Crippen MR) is 105 cm³/mol. The normalized spacial score (nSPS) is 14.7. The molecule has 0 bridgehead atoms. The van der Waals surface area contributed by atoms with E-state index in [1.54, 1.807) is 12.1 Å². The van der Waals surface area contributed by atoms with Crippen molar-refractivity contribution in [2.24, 2.45) is 0 Å². The van der Waals surface area contributed by atoms with Crippen molar-refractivity contribution in [3.8, 4) is 0 Å². The molecule has 0 atom stereocenters. The summed E-state index contributed by atoms with van der Waals surface area (Å²) in [5.41, 5.74) is 0.983. The number of carbonyl (C=O) groups is 2. The van der Waals surface area contributed by atoms with Crippen LogP contribution in [-0.4, -0.2) is 73.5 Å². The Bertz CT molecular complexity index is 613. The second-order valence-electron chi connectivity index (χ2n) is 7.19. The highest BCUT2D eigenvalue weighted by Gasteiger charge is 2.22. The SMILES string of the molecule is CCN(CCC(=O)N1CCN(c2ccc(F)cc2)CC1)CC(=O)NC(C)C. The number of piperazine rings is 1. The number of amides is 2. The molecule has 1 aromatic rings. The summed E-state index contributed by atoms with van der Waals surface area (Å²) >= 11 is 0. The quantitative estimate of drug-likeness (QED) is 0.748. The number of nitrogens with one attached hydrogen (secondary N) is 1. The third-order valence-corrected chi connectivity index (χ3v) is 4.73. The first-order valence-corrected chi connectivity index (χ1v) is 9.69. The van der Waals surface area contributed by atoms with E-state index >= 15 is 0 Å². The van der Waals surface area contributed by atoms with Crippen molar-refractivity contribution < 1.29 is 14.0 Å². The lowest BCUT2D eigenvalue weighted by Gasteiger charge is -2.36. The fourth-order valence-corrected chi connectivity index (χ4v) is 3.20. The average Bonchev–Trinajstić information content (AvgIpc) is 2.65. The number of halogens is 1. The van der Waals surface area contributed by atoms with E-state index in [4.69, 9.17) is 0 Å². The number of anilines is 1. The van der Waals surface area contributed by atoms with Gasteiger partial charge in [0.1, 0.15) is 5.82 Å². The molecule has 27 heavy (non-hydrogen) atoms. The van der Waals surface area contributed by atoms with Gasteiger partial charge in [-0.05, 0) is 44.7 Å². The number of rotatable bonds is 8. The van der Waals surface area contributed by atoms with E-state index in [1.165, 1.54) is 12.1 Å². The van der Waals surface area contributed by atoms with Gasteiger partial charge in [-0.3, -0.25) is 14.5 Å². The number of benzene rings is 1. The van der Waals surface area contributed by atoms with E-state index in [0.29, 0.717) is 32.6 Å². The maximum absolute atomic E-state index is 13.0. The summed E-state index contributed by atoms with van der Waals surface area (Å²) in [6.45, 7) is 10.3. The highest BCUT2D eigenvalue weighted by Crippen LogP contribution is 2.17. The molecule has 1 aliphatic rings. The Hall–Kier alpha value is -2.15. The predicted octanol–water partition coefficient (Wildman–Crippen LogP) is 1.71. The van der Waals surface area contributed by atoms with E-state index in [2.05, 4.69) is 10.2 Å². The number of hydrogen-bond donors (Lipinski definition) is 1. The van der Waals surface area contributed by atoms with Gasteiger partial charge in [-0.25, -0.2) is 4.39 Å². The molecule has 1 aliphatic heterocycles. The van der Waals surface area contributed by atoms with Gasteiger partial charge in [-0.1, -0.05) is 6.92 Å². The van der Waals surface area contributed by atoms with Gasteiger partial charge in [0.05, 0.1) is 6.54 Å². The molecule has 6 nitrogen and oxygen atoms in total. The Balaban J connectivity index is 1.75. The molecular weight excluding hydrogens is 347 g/mol. The van der Waals surface area contributed by atoms with Crippen molar-refractivity contribution >= 4 is 17.5 Å². The zero-order chi connectivity index (χ0) is 19.8. The zero-order valence-electron chi connectivity index (χ0n) is 16.6. The van der Waals surface area contributed by atoms with E-state index in [0.717, 1.165) is 25.3 Å². The van der Waals surface area contributed by atoms with Crippen LogP contribution in [0.2, 0.25) is 0 Å². The second-order valence-corrected chi connectivity index (χ2v) is 7.19. The second kappa shape index (κ2) is 10.3. The maximum atomic E-state index is 13.0. The van der Waals surface area contributed by atoms with E-state index in [1.807, 2.05) is 30.6 Å². The fraction of sp³-hybridized carbons (Fsp3) is 0.600. The number of carbonyl (C=O) groups excluding carboxylic acids is 2. The summed E-state index contributed by atoms with van der Waals surface area (Å²) in [6, 6.07) is 6.58. The lowest BCUT2D eigenvalue weighted by Crippen LogP contribution is -2.49. The minimum absolute atomic E-state index is 0.00721. The lowest BCUT2D eigenvalue weighted by molar-refractivity contribution is -0.132. The van der Waals surface area contributed by atoms with E-state index in [9.17, 15) is 14.0 Å². The van der Waals surface area contributed by atoms with E-state index in [-0.39, 0.29) is 23.7 Å². The van der Waals surface area contributed by atoms with Crippen molar-refractivity contribution in [3.05, 3.63) is 30.1 Å². The van der Waals surface area contributed by atoms with Crippen LogP contribution in [-0.2, 0) is 9.59 Å². The monoisotopic (exact) mass is 378 g/mol. The Morgan fingerprint density at radius 2 is 1.78 bits per heavy atom. The molecule has 0 saturated carbocycles. The van der Waals surface area contributed by atoms with Gasteiger partial charge in [0.15, 0.2) is 0 Å². The molecule has 150 valence electrons. The van der Waals surface area contributed by atoms with Gasteiger partial charge in [0, 0.05) is 50.9 Å². The Morgan fingerprint density at radius 1 is 1.15 bits per heavy atom. The van der Waals surface area contributed by atoms with Crippen molar-refractivity contribution in [1.29, 1.82) is 0 Å². The minimum Gasteiger partial charge on any atom is -0.368 e. The number of likely N-dealkylation sites (N-methyl/N-ethyl adjacent to an activating group) is 1. The topological polar surface area (TPSA) is 55.9 Å². The van der Waals surface area contributed by atoms with Crippen molar-refractivity contribution in [2.75, 3.05) is 50.7 Å². The van der Waals surface area contributed by atoms with Crippen LogP contribution in [0.4, 0.5) is 10.1 Å². The van der Waals surface area contributed by atoms with Crippen LogP contribution in [0.25, 0.3) is 0 Å². The zero-order valence-corrected chi connectivity index (χ0v) is 16.6. The summed E-state index contributed by atoms with van der Waals surface area (Å²) in [6.07, 6.45) is 0.416. The largest absolute Gasteiger partial charge is 0.368 e. The standard InChI is InChI=1S/C20H31FN4O2/c1-4-23(15-19(26)22-16(2)3)10-9-20(27)25-13-11-24(12-14-25)18-7-5-17(21)6-8-18/h5-8,16H,4,9-15H2,1-3H3,(H,22,26). The van der Waals surface area contributed by atoms with Gasteiger partial charge < -0.3 is 15.1 Å². The first-order valence-electron chi connectivity index (χ1n) is 9.69. The molecule has 1 heterocycles. The highest BCUT2D eigenvalue weighted by atomic mass is 19.1. The van der Waals surface area contributed by atoms with Gasteiger partial charge >= 0.3 is 0 Å². The average molecular weight is 378 g/mol. The molecule has 1 aromatic carbocycles. The fourth-order valence-electron chi connectivity index (χ4n) is 3.20. The van der Waals surface area contributed by atoms with Crippen LogP contribution in [0.5, 0.6) is 0 Å². The maximum Gasteiger partial charge on any atom is 0.234 e. The van der Waals surface area contributed by atoms with Crippen LogP contribution < -0.4 is 10.2 Å². The number of nitrogens with zero attached hydrogens (tertiary/aromatic N) is 3. The molecule has 0 unspecified atom stereocenters. The van der Waals surface area contributed by atoms with Gasteiger partial charge in [-0.15, -0.1) is 0 Å². The molecule has 0 radical (unpaired) electrons. The van der Waals surface area contributed by atoms with Crippen LogP contribution in [0.3, 0.4) is 0 Å². The molecule has 7 heteroatoms. The molecule has 2 amide bonds. The summed E-state index contributed by atoms with van der Waals surface area (Å²) in [5, 5.41) is 2.88. The summed E-state index contributed by atoms with van der Waals surface area (Å²) in [4.78, 5) is 30.4. The summed E-state index contributed by atoms with van der Waals surface area (Å²) < 4.78 is 13.0. The Morgan fingerprint density at radius 3 is 2.33 bits per heavy atom. The molecule has 0 aliphatic carbocycles. The summed E-state index contributed by atoms with van der Waals surface area (Å²) in [5.74, 6) is -0.126. The third kappa shape index (κ3) is 6.82. The van der Waals surface area contributed by atoms with Gasteiger partial charge in [0.25, 0.3) is 0 Å². The number of hydrogen-bond acceptors (Lipinski definition) is 4. The van der Waals surface area contributed by atoms with Crippen LogP contribution in [0.15, 0.2) is 24.3 Å². The molecule has 1 N–H and O–H groups in total. The smallest absolute Gasteiger partial charge is 0.234 e. The molecule has 1 saturated heterocycles. The van der Waals surface area contributed by atoms with Crippen LogP contribution in [0, 0.1) is 5.82 Å². The van der Waals surface area contributed by atoms with Crippen molar-refractivity contribution in [3.63, 3.8) is 0 Å². The van der Waals surface area contributed by atoms with Crippen molar-refractivity contribution in [1.82, 2.24) is 15.1 Å². The molecular formula is C20H31FN4O2. The van der Waals surface area contributed by atoms with Gasteiger partial charge in [0.2, 0.25) is 11.8 Å². The lowest BCUT2D eigenvalue weighted by atomic mass is 10.2. The Kier molecular flexibility index (Phi) is 8.03. The summed E-state index contributed by atoms with van der Waals surface area (Å²) in [7, 11) is 0. The first-order chi connectivity index (χ1) is 12.9. The van der Waals surface area contributed by atoms with Crippen LogP contribution >= 0.6 is 0 Å². The minimum atomic E-state index is -0.241. The highest BCUT2D eigenvalue weighted by molar-refractivity contribution is 5.79. The van der Waals surface area contributed by atoms with Crippen molar-refractivity contribution in [2.45, 2.75) is 33.2 Å². The molecule has 2 rings (SSSR count). The molecule has 1 fully saturated rings. The van der Waals surface area contributed by atoms with Gasteiger partial charge in [-0.2, -0.15) is 0 Å².